The maximum absolute atomic E-state index is 13.6. The molecule has 2 rings (SSSR count). The molecule has 0 aliphatic carbocycles. The predicted octanol–water partition coefficient (Wildman–Crippen LogP) is 2.49. The second-order valence-electron chi connectivity index (χ2n) is 4.57. The molecule has 0 saturated heterocycles. The van der Waals surface area contributed by atoms with Crippen molar-refractivity contribution >= 4 is 0 Å². The first kappa shape index (κ1) is 12.8. The summed E-state index contributed by atoms with van der Waals surface area (Å²) in [6.07, 6.45) is 1.88. The average Bonchev–Trinajstić information content (AvgIpc) is 2.81. The molecule has 0 aliphatic heterocycles. The summed E-state index contributed by atoms with van der Waals surface area (Å²) < 4.78 is 15.3. The van der Waals surface area contributed by atoms with Gasteiger partial charge in [0.1, 0.15) is 11.4 Å². The molecule has 1 atom stereocenters. The van der Waals surface area contributed by atoms with Crippen molar-refractivity contribution in [3.8, 4) is 0 Å². The summed E-state index contributed by atoms with van der Waals surface area (Å²) >= 11 is 0. The van der Waals surface area contributed by atoms with Crippen LogP contribution in [0.5, 0.6) is 0 Å². The molecule has 18 heavy (non-hydrogen) atoms. The second-order valence-corrected chi connectivity index (χ2v) is 4.57. The van der Waals surface area contributed by atoms with E-state index in [1.54, 1.807) is 42.1 Å². The Kier molecular flexibility index (Phi) is 3.48. The van der Waals surface area contributed by atoms with E-state index in [2.05, 4.69) is 5.10 Å². The van der Waals surface area contributed by atoms with Gasteiger partial charge < -0.3 is 5.11 Å². The van der Waals surface area contributed by atoms with Crippen molar-refractivity contribution < 1.29 is 9.50 Å². The van der Waals surface area contributed by atoms with Crippen LogP contribution in [0.3, 0.4) is 0 Å². The topological polar surface area (TPSA) is 38.0 Å². The highest BCUT2D eigenvalue weighted by Crippen LogP contribution is 2.26. The van der Waals surface area contributed by atoms with Crippen LogP contribution in [0.2, 0.25) is 0 Å². The molecule has 0 fully saturated rings. The van der Waals surface area contributed by atoms with Crippen LogP contribution in [0.4, 0.5) is 4.39 Å². The van der Waals surface area contributed by atoms with Gasteiger partial charge in [0.2, 0.25) is 0 Å². The molecule has 0 bridgehead atoms. The van der Waals surface area contributed by atoms with Gasteiger partial charge in [-0.05, 0) is 31.5 Å². The maximum atomic E-state index is 13.6. The summed E-state index contributed by atoms with van der Waals surface area (Å²) in [6, 6.07) is 8.28. The van der Waals surface area contributed by atoms with Gasteiger partial charge in [-0.15, -0.1) is 0 Å². The fraction of sp³-hybridized carbons (Fsp3) is 0.357. The van der Waals surface area contributed by atoms with Crippen LogP contribution in [-0.2, 0) is 18.6 Å². The van der Waals surface area contributed by atoms with Gasteiger partial charge in [0, 0.05) is 19.2 Å². The number of aryl methyl sites for hydroxylation is 1. The molecule has 3 nitrogen and oxygen atoms in total. The third-order valence-corrected chi connectivity index (χ3v) is 3.06. The number of aromatic nitrogens is 2. The Hall–Kier alpha value is -1.68. The van der Waals surface area contributed by atoms with Crippen LogP contribution < -0.4 is 0 Å². The van der Waals surface area contributed by atoms with E-state index < -0.39 is 5.60 Å². The van der Waals surface area contributed by atoms with Gasteiger partial charge in [-0.2, -0.15) is 5.10 Å². The highest BCUT2D eigenvalue weighted by molar-refractivity contribution is 5.22. The van der Waals surface area contributed by atoms with Crippen LogP contribution in [0.1, 0.15) is 25.1 Å². The lowest BCUT2D eigenvalue weighted by Crippen LogP contribution is -2.28. The summed E-state index contributed by atoms with van der Waals surface area (Å²) in [5, 5.41) is 14.7. The minimum Gasteiger partial charge on any atom is -0.384 e. The van der Waals surface area contributed by atoms with Crippen LogP contribution in [-0.4, -0.2) is 14.9 Å². The monoisotopic (exact) mass is 248 g/mol. The summed E-state index contributed by atoms with van der Waals surface area (Å²) in [5.41, 5.74) is 0.0777. The minimum absolute atomic E-state index is 0.228. The fourth-order valence-corrected chi connectivity index (χ4v) is 2.15. The largest absolute Gasteiger partial charge is 0.384 e. The number of rotatable bonds is 4. The van der Waals surface area contributed by atoms with Gasteiger partial charge in [0.25, 0.3) is 0 Å². The molecule has 0 amide bonds. The number of aliphatic hydroxyl groups is 1. The normalized spacial score (nSPS) is 14.4. The Balaban J connectivity index is 2.30. The summed E-state index contributed by atoms with van der Waals surface area (Å²) in [5.74, 6) is -0.291. The predicted molar refractivity (Wildman–Crippen MR) is 67.6 cm³/mol. The van der Waals surface area contributed by atoms with Gasteiger partial charge in [-0.25, -0.2) is 4.39 Å². The zero-order valence-electron chi connectivity index (χ0n) is 10.6. The number of halogens is 1. The molecule has 1 heterocycles. The number of benzene rings is 1. The van der Waals surface area contributed by atoms with E-state index >= 15 is 0 Å². The van der Waals surface area contributed by atoms with Crippen LogP contribution in [0.25, 0.3) is 0 Å². The Labute approximate surface area is 106 Å². The zero-order valence-corrected chi connectivity index (χ0v) is 10.6. The smallest absolute Gasteiger partial charge is 0.126 e. The van der Waals surface area contributed by atoms with Crippen LogP contribution in [0.15, 0.2) is 36.5 Å². The standard InChI is InChI=1S/C14H17FN2O/c1-3-17-13(8-9-16-17)14(2,18)10-11-6-4-5-7-12(11)15/h4-9,18H,3,10H2,1-2H3. The van der Waals surface area contributed by atoms with Crippen molar-refractivity contribution in [2.75, 3.05) is 0 Å². The number of nitrogens with zero attached hydrogens (tertiary/aromatic N) is 2. The molecule has 0 aliphatic rings. The molecule has 2 aromatic rings. The lowest BCUT2D eigenvalue weighted by molar-refractivity contribution is 0.0471. The number of hydrogen-bond donors (Lipinski definition) is 1. The van der Waals surface area contributed by atoms with E-state index in [1.165, 1.54) is 6.07 Å². The summed E-state index contributed by atoms with van der Waals surface area (Å²) in [7, 11) is 0. The third kappa shape index (κ3) is 2.43. The molecule has 1 aromatic carbocycles. The van der Waals surface area contributed by atoms with E-state index in [9.17, 15) is 9.50 Å². The Morgan fingerprint density at radius 1 is 1.33 bits per heavy atom. The van der Waals surface area contributed by atoms with Crippen molar-refractivity contribution in [2.45, 2.75) is 32.4 Å². The maximum Gasteiger partial charge on any atom is 0.126 e. The summed E-state index contributed by atoms with van der Waals surface area (Å²) in [4.78, 5) is 0. The van der Waals surface area contributed by atoms with Crippen LogP contribution >= 0.6 is 0 Å². The molecule has 1 N–H and O–H groups in total. The van der Waals surface area contributed by atoms with E-state index in [-0.39, 0.29) is 12.2 Å². The van der Waals surface area contributed by atoms with E-state index in [0.717, 1.165) is 0 Å². The van der Waals surface area contributed by atoms with Gasteiger partial charge in [0.05, 0.1) is 5.69 Å². The number of hydrogen-bond acceptors (Lipinski definition) is 2. The zero-order chi connectivity index (χ0) is 13.2. The molecule has 0 radical (unpaired) electrons. The molecular weight excluding hydrogens is 231 g/mol. The fourth-order valence-electron chi connectivity index (χ4n) is 2.15. The first-order chi connectivity index (χ1) is 8.54. The highest BCUT2D eigenvalue weighted by atomic mass is 19.1. The van der Waals surface area contributed by atoms with E-state index in [4.69, 9.17) is 0 Å². The first-order valence-electron chi connectivity index (χ1n) is 6.02. The molecule has 1 aromatic heterocycles. The minimum atomic E-state index is -1.13. The summed E-state index contributed by atoms with van der Waals surface area (Å²) in [6.45, 7) is 4.31. The Morgan fingerprint density at radius 3 is 2.72 bits per heavy atom. The van der Waals surface area contributed by atoms with Crippen molar-refractivity contribution in [1.29, 1.82) is 0 Å². The van der Waals surface area contributed by atoms with E-state index in [0.29, 0.717) is 17.8 Å². The second kappa shape index (κ2) is 4.90. The average molecular weight is 248 g/mol. The molecule has 96 valence electrons. The molecule has 0 saturated carbocycles. The van der Waals surface area contributed by atoms with Crippen molar-refractivity contribution in [2.24, 2.45) is 0 Å². The first-order valence-corrected chi connectivity index (χ1v) is 6.02. The Morgan fingerprint density at radius 2 is 2.06 bits per heavy atom. The third-order valence-electron chi connectivity index (χ3n) is 3.06. The van der Waals surface area contributed by atoms with Crippen LogP contribution in [0, 0.1) is 5.82 Å². The van der Waals surface area contributed by atoms with Gasteiger partial charge in [-0.1, -0.05) is 18.2 Å². The van der Waals surface area contributed by atoms with Crippen molar-refractivity contribution in [3.05, 3.63) is 53.6 Å². The lowest BCUT2D eigenvalue weighted by atomic mass is 9.93. The quantitative estimate of drug-likeness (QED) is 0.902. The van der Waals surface area contributed by atoms with Gasteiger partial charge in [0.15, 0.2) is 0 Å². The van der Waals surface area contributed by atoms with Crippen molar-refractivity contribution in [3.63, 3.8) is 0 Å². The molecular formula is C14H17FN2O. The highest BCUT2D eigenvalue weighted by Gasteiger charge is 2.28. The van der Waals surface area contributed by atoms with Gasteiger partial charge >= 0.3 is 0 Å². The van der Waals surface area contributed by atoms with E-state index in [1.807, 2.05) is 6.92 Å². The van der Waals surface area contributed by atoms with Crippen molar-refractivity contribution in [1.82, 2.24) is 9.78 Å². The molecule has 4 heteroatoms. The molecule has 0 spiro atoms. The SMILES string of the molecule is CCn1nccc1C(C)(O)Cc1ccccc1F. The van der Waals surface area contributed by atoms with Gasteiger partial charge in [-0.3, -0.25) is 4.68 Å². The molecule has 1 unspecified atom stereocenters. The Bertz CT molecular complexity index is 534. The lowest BCUT2D eigenvalue weighted by Gasteiger charge is -2.24.